The van der Waals surface area contributed by atoms with Crippen molar-refractivity contribution in [2.75, 3.05) is 4.90 Å². The average molecular weight is 800 g/mol. The normalized spacial score (nSPS) is 11.5. The summed E-state index contributed by atoms with van der Waals surface area (Å²) in [4.78, 5) is 2.36. The maximum absolute atomic E-state index is 2.45. The molecule has 0 aliphatic heterocycles. The zero-order valence-electron chi connectivity index (χ0n) is 34.6. The highest BCUT2D eigenvalue weighted by Gasteiger charge is 2.23. The van der Waals surface area contributed by atoms with Gasteiger partial charge in [-0.05, 0) is 147 Å². The van der Waals surface area contributed by atoms with Crippen molar-refractivity contribution in [2.24, 2.45) is 0 Å². The van der Waals surface area contributed by atoms with Gasteiger partial charge in [-0.1, -0.05) is 200 Å². The van der Waals surface area contributed by atoms with Gasteiger partial charge in [0.15, 0.2) is 0 Å². The van der Waals surface area contributed by atoms with Crippen LogP contribution in [0.15, 0.2) is 249 Å². The molecule has 0 spiro atoms. The van der Waals surface area contributed by atoms with Gasteiger partial charge in [-0.2, -0.15) is 0 Å². The maximum atomic E-state index is 2.45. The zero-order chi connectivity index (χ0) is 41.7. The number of para-hydroxylation sites is 1. The van der Waals surface area contributed by atoms with Crippen molar-refractivity contribution in [3.8, 4) is 44.5 Å². The third-order valence-corrected chi connectivity index (χ3v) is 12.8. The van der Waals surface area contributed by atoms with Crippen molar-refractivity contribution in [2.45, 2.75) is 0 Å². The van der Waals surface area contributed by atoms with E-state index in [1.807, 2.05) is 0 Å². The van der Waals surface area contributed by atoms with Gasteiger partial charge in [0.25, 0.3) is 0 Å². The highest BCUT2D eigenvalue weighted by Crippen LogP contribution is 2.50. The van der Waals surface area contributed by atoms with Gasteiger partial charge in [-0.3, -0.25) is 0 Å². The third kappa shape index (κ3) is 6.33. The van der Waals surface area contributed by atoms with Crippen molar-refractivity contribution in [3.05, 3.63) is 249 Å². The summed E-state index contributed by atoms with van der Waals surface area (Å²) in [7, 11) is 0. The smallest absolute Gasteiger partial charge is 0.0468 e. The SMILES string of the molecule is c1ccc(-c2cc(-c3ccc(N(c4ccccc4)c4ccc5ccccc5c4)cc3)c3c4ccccc4c4cc(-c5cccc6ccccc56)ccc4c3c2-c2ccccc2)cc1. The molecule has 0 heterocycles. The van der Waals surface area contributed by atoms with E-state index in [-0.39, 0.29) is 0 Å². The lowest BCUT2D eigenvalue weighted by molar-refractivity contribution is 1.29. The van der Waals surface area contributed by atoms with Crippen LogP contribution in [0.2, 0.25) is 0 Å². The summed E-state index contributed by atoms with van der Waals surface area (Å²) in [5, 5.41) is 12.5. The molecule has 0 unspecified atom stereocenters. The standard InChI is InChI=1S/C62H41N/c1-4-18-44(19-5-1)57-41-58(45-32-35-50(36-33-45)63(49-25-8-3-9-26-49)51-37-31-42-17-10-11-23-47(42)39-51)61-55-29-15-14-28-54(55)59-40-48(53-30-16-24-43-20-12-13-27-52(43)53)34-38-56(59)62(61)60(57)46-21-6-2-7-22-46/h1-41H. The molecule has 0 aromatic heterocycles. The Labute approximate surface area is 367 Å². The average Bonchev–Trinajstić information content (AvgIpc) is 3.36. The van der Waals surface area contributed by atoms with Crippen molar-refractivity contribution < 1.29 is 0 Å². The minimum atomic E-state index is 1.10. The van der Waals surface area contributed by atoms with Crippen LogP contribution in [0.4, 0.5) is 17.1 Å². The van der Waals surface area contributed by atoms with Crippen LogP contribution in [-0.2, 0) is 0 Å². The summed E-state index contributed by atoms with van der Waals surface area (Å²) in [5.41, 5.74) is 13.0. The minimum Gasteiger partial charge on any atom is -0.310 e. The predicted molar refractivity (Wildman–Crippen MR) is 270 cm³/mol. The number of rotatable bonds is 7. The Hall–Kier alpha value is -8.26. The molecule has 0 radical (unpaired) electrons. The fourth-order valence-corrected chi connectivity index (χ4v) is 9.91. The molecule has 12 aromatic carbocycles. The van der Waals surface area contributed by atoms with Gasteiger partial charge in [-0.25, -0.2) is 0 Å². The second-order valence-corrected chi connectivity index (χ2v) is 16.4. The number of fused-ring (bicyclic) bond motifs is 8. The van der Waals surface area contributed by atoms with Crippen LogP contribution < -0.4 is 4.90 Å². The Morgan fingerprint density at radius 2 is 0.762 bits per heavy atom. The number of benzene rings is 12. The molecule has 1 nitrogen and oxygen atoms in total. The first-order chi connectivity index (χ1) is 31.3. The molecule has 0 N–H and O–H groups in total. The predicted octanol–water partition coefficient (Wildman–Crippen LogP) is 17.6. The summed E-state index contributed by atoms with van der Waals surface area (Å²) in [6.45, 7) is 0. The molecule has 294 valence electrons. The largest absolute Gasteiger partial charge is 0.310 e. The van der Waals surface area contributed by atoms with E-state index in [1.54, 1.807) is 0 Å². The van der Waals surface area contributed by atoms with Crippen LogP contribution >= 0.6 is 0 Å². The first kappa shape index (κ1) is 36.6. The van der Waals surface area contributed by atoms with Crippen molar-refractivity contribution in [3.63, 3.8) is 0 Å². The van der Waals surface area contributed by atoms with E-state index >= 15 is 0 Å². The van der Waals surface area contributed by atoms with Crippen LogP contribution in [0.5, 0.6) is 0 Å². The van der Waals surface area contributed by atoms with Gasteiger partial charge in [0.1, 0.15) is 0 Å². The Balaban J connectivity index is 1.14. The van der Waals surface area contributed by atoms with Crippen molar-refractivity contribution in [1.82, 2.24) is 0 Å². The van der Waals surface area contributed by atoms with E-state index in [0.29, 0.717) is 0 Å². The van der Waals surface area contributed by atoms with Crippen molar-refractivity contribution in [1.29, 1.82) is 0 Å². The van der Waals surface area contributed by atoms with Gasteiger partial charge >= 0.3 is 0 Å². The molecule has 0 amide bonds. The molecular weight excluding hydrogens is 759 g/mol. The summed E-state index contributed by atoms with van der Waals surface area (Å²) in [6.07, 6.45) is 0. The lowest BCUT2D eigenvalue weighted by atomic mass is 9.81. The summed E-state index contributed by atoms with van der Waals surface area (Å²) in [6, 6.07) is 91.1. The first-order valence-electron chi connectivity index (χ1n) is 21.8. The van der Waals surface area contributed by atoms with E-state index in [0.717, 1.165) is 17.1 Å². The summed E-state index contributed by atoms with van der Waals surface area (Å²) in [5.74, 6) is 0. The van der Waals surface area contributed by atoms with Crippen LogP contribution in [0, 0.1) is 0 Å². The number of nitrogens with zero attached hydrogens (tertiary/aromatic N) is 1. The molecule has 0 saturated carbocycles. The monoisotopic (exact) mass is 799 g/mol. The van der Waals surface area contributed by atoms with Crippen LogP contribution in [0.25, 0.3) is 98.4 Å². The molecule has 1 heteroatoms. The molecule has 0 aliphatic carbocycles. The number of hydrogen-bond donors (Lipinski definition) is 0. The van der Waals surface area contributed by atoms with Crippen LogP contribution in [0.3, 0.4) is 0 Å². The van der Waals surface area contributed by atoms with Gasteiger partial charge in [0.2, 0.25) is 0 Å². The molecule has 0 atom stereocenters. The Bertz CT molecular complexity index is 3640. The van der Waals surface area contributed by atoms with Gasteiger partial charge in [0, 0.05) is 17.1 Å². The second kappa shape index (κ2) is 15.3. The van der Waals surface area contributed by atoms with Gasteiger partial charge in [-0.15, -0.1) is 0 Å². The highest BCUT2D eigenvalue weighted by molar-refractivity contribution is 6.33. The van der Waals surface area contributed by atoms with Crippen LogP contribution in [0.1, 0.15) is 0 Å². The second-order valence-electron chi connectivity index (χ2n) is 16.4. The van der Waals surface area contributed by atoms with Crippen LogP contribution in [-0.4, -0.2) is 0 Å². The molecule has 0 aliphatic rings. The lowest BCUT2D eigenvalue weighted by Crippen LogP contribution is -2.09. The number of hydrogen-bond acceptors (Lipinski definition) is 1. The molecule has 12 aromatic rings. The molecule has 63 heavy (non-hydrogen) atoms. The third-order valence-electron chi connectivity index (χ3n) is 12.8. The molecule has 0 bridgehead atoms. The molecule has 0 fully saturated rings. The maximum Gasteiger partial charge on any atom is 0.0468 e. The first-order valence-corrected chi connectivity index (χ1v) is 21.8. The minimum absolute atomic E-state index is 1.10. The fraction of sp³-hybridized carbons (Fsp3) is 0. The van der Waals surface area contributed by atoms with E-state index in [4.69, 9.17) is 0 Å². The van der Waals surface area contributed by atoms with Gasteiger partial charge < -0.3 is 4.90 Å². The zero-order valence-corrected chi connectivity index (χ0v) is 34.6. The summed E-state index contributed by atoms with van der Waals surface area (Å²) >= 11 is 0. The lowest BCUT2D eigenvalue weighted by Gasteiger charge is -2.26. The Morgan fingerprint density at radius 3 is 1.52 bits per heavy atom. The molecule has 12 rings (SSSR count). The Morgan fingerprint density at radius 1 is 0.222 bits per heavy atom. The molecular formula is C62H41N. The quantitative estimate of drug-likeness (QED) is 0.145. The highest BCUT2D eigenvalue weighted by atomic mass is 15.1. The Kier molecular flexibility index (Phi) is 8.90. The van der Waals surface area contributed by atoms with Crippen molar-refractivity contribution >= 4 is 70.9 Å². The van der Waals surface area contributed by atoms with E-state index < -0.39 is 0 Å². The number of anilines is 3. The van der Waals surface area contributed by atoms with Gasteiger partial charge in [0.05, 0.1) is 0 Å². The van der Waals surface area contributed by atoms with E-state index in [2.05, 4.69) is 254 Å². The van der Waals surface area contributed by atoms with E-state index in [9.17, 15) is 0 Å². The fourth-order valence-electron chi connectivity index (χ4n) is 9.91. The topological polar surface area (TPSA) is 3.24 Å². The van der Waals surface area contributed by atoms with E-state index in [1.165, 1.54) is 98.4 Å². The molecule has 0 saturated heterocycles. The summed E-state index contributed by atoms with van der Waals surface area (Å²) < 4.78 is 0.